The minimum absolute atomic E-state index is 0.792. The van der Waals surface area contributed by atoms with Crippen LogP contribution in [0.2, 0.25) is 34.8 Å². The lowest BCUT2D eigenvalue weighted by Crippen LogP contribution is -2.70. The first-order valence-corrected chi connectivity index (χ1v) is 15.5. The highest BCUT2D eigenvalue weighted by molar-refractivity contribution is 6.96. The summed E-state index contributed by atoms with van der Waals surface area (Å²) < 4.78 is 21.0. The van der Waals surface area contributed by atoms with E-state index in [1.165, 1.54) is 38.5 Å². The smallest absolute Gasteiger partial charge is 0.323 e. The Kier molecular flexibility index (Phi) is 3.60. The van der Waals surface area contributed by atoms with Crippen LogP contribution >= 0.6 is 0 Å². The molecule has 0 atom stereocenters. The first-order valence-electron chi connectivity index (χ1n) is 9.22. The van der Waals surface area contributed by atoms with Gasteiger partial charge in [-0.05, 0) is 56.7 Å². The third-order valence-corrected chi connectivity index (χ3v) is 22.8. The molecule has 1 aliphatic heterocycles. The van der Waals surface area contributed by atoms with E-state index in [0.717, 1.165) is 34.8 Å². The molecule has 120 valence electrons. The van der Waals surface area contributed by atoms with Gasteiger partial charge in [0.2, 0.25) is 0 Å². The van der Waals surface area contributed by atoms with Crippen LogP contribution in [-0.4, -0.2) is 25.7 Å². The van der Waals surface area contributed by atoms with E-state index >= 15 is 0 Å². The van der Waals surface area contributed by atoms with Crippen LogP contribution in [0.3, 0.4) is 0 Å². The second kappa shape index (κ2) is 5.01. The molecule has 1 heterocycles. The zero-order chi connectivity index (χ0) is 14.7. The monoisotopic (exact) mass is 342 g/mol. The largest absolute Gasteiger partial charge is 0.415 e. The molecule has 4 aliphatic rings. The molecule has 3 saturated carbocycles. The minimum atomic E-state index is -1.98. The van der Waals surface area contributed by atoms with Crippen molar-refractivity contribution < 1.29 is 12.3 Å². The first kappa shape index (κ1) is 15.1. The lowest BCUT2D eigenvalue weighted by Gasteiger charge is -2.54. The molecule has 0 aromatic heterocycles. The molecule has 3 nitrogen and oxygen atoms in total. The summed E-state index contributed by atoms with van der Waals surface area (Å²) in [6.45, 7) is 7.00. The second-order valence-electron chi connectivity index (χ2n) is 7.63. The highest BCUT2D eigenvalue weighted by Gasteiger charge is 2.70. The van der Waals surface area contributed by atoms with E-state index in [0.29, 0.717) is 0 Å². The Morgan fingerprint density at radius 3 is 0.952 bits per heavy atom. The summed E-state index contributed by atoms with van der Waals surface area (Å²) in [5.74, 6) is 0. The zero-order valence-corrected chi connectivity index (χ0v) is 16.8. The molecule has 21 heavy (non-hydrogen) atoms. The highest BCUT2D eigenvalue weighted by atomic mass is 28.5. The molecular weight excluding hydrogens is 312 g/mol. The van der Waals surface area contributed by atoms with Crippen molar-refractivity contribution >= 4 is 25.7 Å². The van der Waals surface area contributed by atoms with Crippen LogP contribution in [0.4, 0.5) is 0 Å². The van der Waals surface area contributed by atoms with E-state index in [-0.39, 0.29) is 0 Å². The van der Waals surface area contributed by atoms with Gasteiger partial charge >= 0.3 is 25.7 Å². The second-order valence-corrected chi connectivity index (χ2v) is 19.5. The summed E-state index contributed by atoms with van der Waals surface area (Å²) >= 11 is 0. The van der Waals surface area contributed by atoms with Crippen molar-refractivity contribution in [3.05, 3.63) is 0 Å². The van der Waals surface area contributed by atoms with Gasteiger partial charge in [-0.3, -0.25) is 0 Å². The molecule has 1 saturated heterocycles. The van der Waals surface area contributed by atoms with E-state index in [1.807, 2.05) is 0 Å². The number of hydrogen-bond acceptors (Lipinski definition) is 3. The lowest BCUT2D eigenvalue weighted by molar-refractivity contribution is 0.205. The lowest BCUT2D eigenvalue weighted by atomic mass is 10.9. The minimum Gasteiger partial charge on any atom is -0.415 e. The Labute approximate surface area is 132 Å². The fourth-order valence-electron chi connectivity index (χ4n) is 4.31. The topological polar surface area (TPSA) is 27.7 Å². The molecule has 0 aromatic rings. The van der Waals surface area contributed by atoms with Gasteiger partial charge in [-0.15, -0.1) is 0 Å². The SMILES string of the molecule is CC[Si]1(C2CC2)O[Si](CC)(C2CC2)O[Si](CC)(C2CC2)O1. The molecule has 6 heteroatoms. The van der Waals surface area contributed by atoms with Gasteiger partial charge in [-0.25, -0.2) is 0 Å². The molecule has 0 aromatic carbocycles. The maximum atomic E-state index is 7.01. The Morgan fingerprint density at radius 1 is 0.571 bits per heavy atom. The van der Waals surface area contributed by atoms with Gasteiger partial charge in [-0.1, -0.05) is 20.8 Å². The maximum absolute atomic E-state index is 7.01. The third kappa shape index (κ3) is 2.37. The van der Waals surface area contributed by atoms with Crippen LogP contribution in [0.15, 0.2) is 0 Å². The summed E-state index contributed by atoms with van der Waals surface area (Å²) in [5, 5.41) is 0. The van der Waals surface area contributed by atoms with Gasteiger partial charge in [0.15, 0.2) is 0 Å². The number of hydrogen-bond donors (Lipinski definition) is 0. The molecule has 0 amide bonds. The molecule has 4 fully saturated rings. The van der Waals surface area contributed by atoms with Crippen LogP contribution in [0, 0.1) is 0 Å². The van der Waals surface area contributed by atoms with E-state index in [4.69, 9.17) is 12.3 Å². The molecule has 4 rings (SSSR count). The Bertz CT molecular complexity index is 351. The fourth-order valence-corrected chi connectivity index (χ4v) is 25.3. The quantitative estimate of drug-likeness (QED) is 0.641. The van der Waals surface area contributed by atoms with Crippen LogP contribution in [0.25, 0.3) is 0 Å². The van der Waals surface area contributed by atoms with Crippen molar-refractivity contribution in [1.82, 2.24) is 0 Å². The molecule has 3 aliphatic carbocycles. The van der Waals surface area contributed by atoms with Crippen molar-refractivity contribution in [2.24, 2.45) is 0 Å². The van der Waals surface area contributed by atoms with Gasteiger partial charge in [0.1, 0.15) is 0 Å². The molecule has 0 unspecified atom stereocenters. The summed E-state index contributed by atoms with van der Waals surface area (Å²) in [6.07, 6.45) is 8.15. The van der Waals surface area contributed by atoms with Gasteiger partial charge in [0.25, 0.3) is 0 Å². The molecule has 0 N–H and O–H groups in total. The summed E-state index contributed by atoms with van der Waals surface area (Å²) in [4.78, 5) is 0. The fraction of sp³-hybridized carbons (Fsp3) is 1.00. The molecular formula is C15H30O3Si3. The predicted octanol–water partition coefficient (Wildman–Crippen LogP) is 4.93. The highest BCUT2D eigenvalue weighted by Crippen LogP contribution is 2.62. The van der Waals surface area contributed by atoms with Crippen LogP contribution in [-0.2, 0) is 12.3 Å². The van der Waals surface area contributed by atoms with Crippen molar-refractivity contribution in [1.29, 1.82) is 0 Å². The van der Waals surface area contributed by atoms with Crippen LogP contribution < -0.4 is 0 Å². The van der Waals surface area contributed by atoms with Gasteiger partial charge in [0.05, 0.1) is 0 Å². The third-order valence-electron chi connectivity index (χ3n) is 6.11. The van der Waals surface area contributed by atoms with Gasteiger partial charge < -0.3 is 12.3 Å². The standard InChI is InChI=1S/C15H30O3Si3/c1-4-19(13-7-8-13)16-20(5-2,14-9-10-14)18-21(6-3,17-19)15-11-12-15/h13-15H,4-12H2,1-3H3. The van der Waals surface area contributed by atoms with Crippen molar-refractivity contribution in [3.63, 3.8) is 0 Å². The van der Waals surface area contributed by atoms with Crippen LogP contribution in [0.1, 0.15) is 59.3 Å². The van der Waals surface area contributed by atoms with Crippen LogP contribution in [0.5, 0.6) is 0 Å². The van der Waals surface area contributed by atoms with E-state index in [2.05, 4.69) is 20.8 Å². The van der Waals surface area contributed by atoms with E-state index in [9.17, 15) is 0 Å². The molecule has 0 radical (unpaired) electrons. The Balaban J connectivity index is 1.72. The van der Waals surface area contributed by atoms with Crippen molar-refractivity contribution in [2.45, 2.75) is 94.1 Å². The predicted molar refractivity (Wildman–Crippen MR) is 90.9 cm³/mol. The maximum Gasteiger partial charge on any atom is 0.323 e. The van der Waals surface area contributed by atoms with Gasteiger partial charge in [0, 0.05) is 16.6 Å². The molecule has 0 spiro atoms. The Hall–Kier alpha value is 0.531. The molecule has 0 bridgehead atoms. The number of rotatable bonds is 6. The summed E-state index contributed by atoms with van der Waals surface area (Å²) in [6, 6.07) is 3.47. The Morgan fingerprint density at radius 2 is 0.810 bits per heavy atom. The van der Waals surface area contributed by atoms with Gasteiger partial charge in [-0.2, -0.15) is 0 Å². The van der Waals surface area contributed by atoms with Crippen molar-refractivity contribution in [3.8, 4) is 0 Å². The summed E-state index contributed by atoms with van der Waals surface area (Å²) in [7, 11) is -5.95. The average Bonchev–Trinajstić information content (AvgIpc) is 3.33. The zero-order valence-electron chi connectivity index (χ0n) is 13.8. The average molecular weight is 343 g/mol. The van der Waals surface area contributed by atoms with E-state index < -0.39 is 25.7 Å². The summed E-state index contributed by atoms with van der Waals surface area (Å²) in [5.41, 5.74) is 2.38. The first-order chi connectivity index (χ1) is 10.1. The van der Waals surface area contributed by atoms with Crippen molar-refractivity contribution in [2.75, 3.05) is 0 Å². The normalized spacial score (nSPS) is 47.6. The van der Waals surface area contributed by atoms with E-state index in [1.54, 1.807) is 0 Å².